The topological polar surface area (TPSA) is 32.8 Å². The minimum atomic E-state index is -0.579. The predicted octanol–water partition coefficient (Wildman–Crippen LogP) is 2.03. The summed E-state index contributed by atoms with van der Waals surface area (Å²) in [6, 6.07) is 3.42. The maximum Gasteiger partial charge on any atom is 0.240 e. The van der Waals surface area contributed by atoms with Crippen molar-refractivity contribution in [2.24, 2.45) is 5.92 Å². The van der Waals surface area contributed by atoms with Gasteiger partial charge in [0, 0.05) is 38.4 Å². The second kappa shape index (κ2) is 6.93. The number of ether oxygens (including phenoxy) is 1. The molecule has 0 N–H and O–H groups in total. The molecule has 0 radical (unpaired) electrons. The van der Waals surface area contributed by atoms with Crippen LogP contribution < -0.4 is 0 Å². The van der Waals surface area contributed by atoms with E-state index in [-0.39, 0.29) is 11.9 Å². The molecule has 0 aromatic heterocycles. The van der Waals surface area contributed by atoms with Gasteiger partial charge in [-0.1, -0.05) is 6.07 Å². The van der Waals surface area contributed by atoms with Crippen LogP contribution in [0.5, 0.6) is 0 Å². The van der Waals surface area contributed by atoms with Gasteiger partial charge in [0.05, 0.1) is 12.6 Å². The van der Waals surface area contributed by atoms with E-state index in [0.29, 0.717) is 31.2 Å². The van der Waals surface area contributed by atoms with Crippen LogP contribution in [0.15, 0.2) is 18.2 Å². The van der Waals surface area contributed by atoms with Crippen LogP contribution in [0.1, 0.15) is 18.4 Å². The number of methoxy groups -OCH3 is 1. The highest BCUT2D eigenvalue weighted by Gasteiger charge is 2.41. The SMILES string of the molecule is COCCN1C[C@H]2CCN(Cc3ccc(F)cc3F)[C@H](C2)C1=O. The van der Waals surface area contributed by atoms with Crippen molar-refractivity contribution in [2.75, 3.05) is 33.4 Å². The second-order valence-corrected chi connectivity index (χ2v) is 6.39. The number of hydrogen-bond donors (Lipinski definition) is 0. The van der Waals surface area contributed by atoms with E-state index in [2.05, 4.69) is 0 Å². The molecule has 0 aliphatic carbocycles. The quantitative estimate of drug-likeness (QED) is 0.831. The zero-order chi connectivity index (χ0) is 16.4. The normalized spacial score (nSPS) is 25.0. The first-order valence-electron chi connectivity index (χ1n) is 8.04. The van der Waals surface area contributed by atoms with Crippen LogP contribution in [0.25, 0.3) is 0 Å². The number of nitrogens with zero attached hydrogens (tertiary/aromatic N) is 2. The Morgan fingerprint density at radius 2 is 2.17 bits per heavy atom. The largest absolute Gasteiger partial charge is 0.383 e. The first-order chi connectivity index (χ1) is 11.1. The summed E-state index contributed by atoms with van der Waals surface area (Å²) in [4.78, 5) is 16.5. The number of carbonyl (C=O) groups is 1. The molecule has 0 saturated carbocycles. The summed E-state index contributed by atoms with van der Waals surface area (Å²) < 4.78 is 32.0. The number of benzene rings is 1. The molecule has 23 heavy (non-hydrogen) atoms. The molecule has 1 aromatic rings. The number of fused-ring (bicyclic) bond motifs is 2. The fraction of sp³-hybridized carbons (Fsp3) is 0.588. The van der Waals surface area contributed by atoms with Gasteiger partial charge in [0.25, 0.3) is 0 Å². The Bertz CT molecular complexity index is 582. The molecule has 2 atom stereocenters. The first-order valence-corrected chi connectivity index (χ1v) is 8.04. The minimum absolute atomic E-state index is 0.0977. The van der Waals surface area contributed by atoms with Crippen molar-refractivity contribution in [1.29, 1.82) is 0 Å². The molecule has 2 aliphatic heterocycles. The van der Waals surface area contributed by atoms with Crippen LogP contribution in [-0.4, -0.2) is 55.1 Å². The van der Waals surface area contributed by atoms with E-state index in [0.717, 1.165) is 32.0 Å². The Balaban J connectivity index is 1.72. The van der Waals surface area contributed by atoms with Crippen LogP contribution in [0, 0.1) is 17.6 Å². The van der Waals surface area contributed by atoms with Gasteiger partial charge >= 0.3 is 0 Å². The third-order valence-electron chi connectivity index (χ3n) is 4.85. The summed E-state index contributed by atoms with van der Waals surface area (Å²) in [5.41, 5.74) is 0.437. The van der Waals surface area contributed by atoms with Gasteiger partial charge in [-0.15, -0.1) is 0 Å². The number of amides is 1. The number of halogens is 2. The lowest BCUT2D eigenvalue weighted by atomic mass is 9.85. The van der Waals surface area contributed by atoms with Crippen molar-refractivity contribution in [3.05, 3.63) is 35.4 Å². The fourth-order valence-electron chi connectivity index (χ4n) is 3.58. The number of likely N-dealkylation sites (tertiary alicyclic amines) is 2. The van der Waals surface area contributed by atoms with Gasteiger partial charge in [-0.05, 0) is 31.4 Å². The average Bonchev–Trinajstić information content (AvgIpc) is 2.54. The van der Waals surface area contributed by atoms with E-state index in [1.165, 1.54) is 12.1 Å². The third kappa shape index (κ3) is 3.53. The summed E-state index contributed by atoms with van der Waals surface area (Å²) in [7, 11) is 1.62. The number of carbonyl (C=O) groups excluding carboxylic acids is 1. The molecule has 3 rings (SSSR count). The van der Waals surface area contributed by atoms with E-state index in [4.69, 9.17) is 4.74 Å². The summed E-state index contributed by atoms with van der Waals surface area (Å²) in [6.45, 7) is 3.03. The molecule has 0 spiro atoms. The molecule has 2 fully saturated rings. The molecule has 2 saturated heterocycles. The Kier molecular flexibility index (Phi) is 4.92. The standard InChI is InChI=1S/C17H22F2N2O2/c1-23-7-6-21-10-12-4-5-20(16(8-12)17(21)22)11-13-2-3-14(18)9-15(13)19/h2-3,9,12,16H,4-8,10-11H2,1H3/t12-,16+/m0/s1. The van der Waals surface area contributed by atoms with Crippen molar-refractivity contribution in [2.45, 2.75) is 25.4 Å². The summed E-state index contributed by atoms with van der Waals surface area (Å²) in [5.74, 6) is -0.527. The highest BCUT2D eigenvalue weighted by Crippen LogP contribution is 2.31. The Labute approximate surface area is 135 Å². The van der Waals surface area contributed by atoms with Crippen molar-refractivity contribution >= 4 is 5.91 Å². The highest BCUT2D eigenvalue weighted by atomic mass is 19.1. The van der Waals surface area contributed by atoms with E-state index in [1.807, 2.05) is 9.80 Å². The molecule has 1 amide bonds. The van der Waals surface area contributed by atoms with E-state index in [9.17, 15) is 13.6 Å². The van der Waals surface area contributed by atoms with Gasteiger partial charge in [-0.2, -0.15) is 0 Å². The maximum absolute atomic E-state index is 13.9. The second-order valence-electron chi connectivity index (χ2n) is 6.39. The minimum Gasteiger partial charge on any atom is -0.383 e. The van der Waals surface area contributed by atoms with Crippen LogP contribution in [0.2, 0.25) is 0 Å². The first kappa shape index (κ1) is 16.3. The molecule has 6 heteroatoms. The van der Waals surface area contributed by atoms with Crippen molar-refractivity contribution < 1.29 is 18.3 Å². The summed E-state index contributed by atoms with van der Waals surface area (Å²) >= 11 is 0. The van der Waals surface area contributed by atoms with Crippen LogP contribution >= 0.6 is 0 Å². The fourth-order valence-corrected chi connectivity index (χ4v) is 3.58. The van der Waals surface area contributed by atoms with Crippen LogP contribution in [0.4, 0.5) is 8.78 Å². The van der Waals surface area contributed by atoms with Gasteiger partial charge in [0.2, 0.25) is 5.91 Å². The predicted molar refractivity (Wildman–Crippen MR) is 81.7 cm³/mol. The van der Waals surface area contributed by atoms with Gasteiger partial charge < -0.3 is 9.64 Å². The smallest absolute Gasteiger partial charge is 0.240 e. The summed E-state index contributed by atoms with van der Waals surface area (Å²) in [6.07, 6.45) is 1.82. The summed E-state index contributed by atoms with van der Waals surface area (Å²) in [5, 5.41) is 0. The van der Waals surface area contributed by atoms with Gasteiger partial charge in [0.1, 0.15) is 11.6 Å². The lowest BCUT2D eigenvalue weighted by molar-refractivity contribution is -0.146. The Morgan fingerprint density at radius 1 is 1.35 bits per heavy atom. The van der Waals surface area contributed by atoms with Crippen LogP contribution in [-0.2, 0) is 16.1 Å². The lowest BCUT2D eigenvalue weighted by Crippen LogP contribution is -2.59. The molecule has 4 nitrogen and oxygen atoms in total. The molecular weight excluding hydrogens is 302 g/mol. The zero-order valence-corrected chi connectivity index (χ0v) is 13.3. The molecule has 1 aromatic carbocycles. The van der Waals surface area contributed by atoms with Crippen molar-refractivity contribution in [3.63, 3.8) is 0 Å². The number of rotatable bonds is 5. The third-order valence-corrected chi connectivity index (χ3v) is 4.85. The number of hydrogen-bond acceptors (Lipinski definition) is 3. The van der Waals surface area contributed by atoms with Gasteiger partial charge in [-0.3, -0.25) is 9.69 Å². The van der Waals surface area contributed by atoms with Gasteiger partial charge in [0.15, 0.2) is 0 Å². The van der Waals surface area contributed by atoms with Crippen molar-refractivity contribution in [1.82, 2.24) is 9.80 Å². The number of piperidine rings is 2. The van der Waals surface area contributed by atoms with Crippen molar-refractivity contribution in [3.8, 4) is 0 Å². The van der Waals surface area contributed by atoms with Crippen LogP contribution in [0.3, 0.4) is 0 Å². The lowest BCUT2D eigenvalue weighted by Gasteiger charge is -2.46. The highest BCUT2D eigenvalue weighted by molar-refractivity contribution is 5.83. The van der Waals surface area contributed by atoms with Gasteiger partial charge in [-0.25, -0.2) is 8.78 Å². The monoisotopic (exact) mass is 324 g/mol. The zero-order valence-electron chi connectivity index (χ0n) is 13.3. The van der Waals surface area contributed by atoms with E-state index >= 15 is 0 Å². The molecule has 126 valence electrons. The molecule has 2 aliphatic rings. The molecule has 0 unspecified atom stereocenters. The molecular formula is C17H22F2N2O2. The average molecular weight is 324 g/mol. The Hall–Kier alpha value is -1.53. The Morgan fingerprint density at radius 3 is 2.91 bits per heavy atom. The molecule has 2 heterocycles. The van der Waals surface area contributed by atoms with E-state index < -0.39 is 11.6 Å². The van der Waals surface area contributed by atoms with E-state index in [1.54, 1.807) is 7.11 Å². The maximum atomic E-state index is 13.9. The molecule has 2 bridgehead atoms.